The van der Waals surface area contributed by atoms with Crippen molar-refractivity contribution in [3.8, 4) is 0 Å². The number of carbonyl (C=O) groups is 2. The second-order valence-corrected chi connectivity index (χ2v) is 9.07. The van der Waals surface area contributed by atoms with Gasteiger partial charge in [0.1, 0.15) is 9.32 Å². The molecule has 1 N–H and O–H groups in total. The molecule has 0 saturated carbocycles. The van der Waals surface area contributed by atoms with Gasteiger partial charge in [-0.05, 0) is 43.0 Å². The van der Waals surface area contributed by atoms with E-state index in [1.165, 1.54) is 23.1 Å². The Labute approximate surface area is 168 Å². The molecule has 0 aliphatic carbocycles. The number of rotatable bonds is 7. The summed E-state index contributed by atoms with van der Waals surface area (Å²) in [5, 5.41) is 5.37. The van der Waals surface area contributed by atoms with E-state index in [-0.39, 0.29) is 17.6 Å². The third-order valence-electron chi connectivity index (χ3n) is 3.92. The van der Waals surface area contributed by atoms with Gasteiger partial charge in [-0.15, -0.1) is 11.3 Å². The fourth-order valence-corrected chi connectivity index (χ4v) is 4.81. The van der Waals surface area contributed by atoms with Gasteiger partial charge in [-0.2, -0.15) is 0 Å². The quantitative estimate of drug-likeness (QED) is 0.534. The van der Waals surface area contributed by atoms with Crippen LogP contribution in [-0.2, 0) is 16.0 Å². The highest BCUT2D eigenvalue weighted by molar-refractivity contribution is 8.23. The molecule has 1 aromatic rings. The van der Waals surface area contributed by atoms with Crippen LogP contribution >= 0.6 is 35.3 Å². The number of thiophene rings is 1. The van der Waals surface area contributed by atoms with Gasteiger partial charge in [0.25, 0.3) is 0 Å². The molecule has 1 amide bonds. The van der Waals surface area contributed by atoms with Crippen molar-refractivity contribution < 1.29 is 14.3 Å². The molecule has 1 aliphatic rings. The van der Waals surface area contributed by atoms with Crippen LogP contribution < -0.4 is 5.32 Å². The molecule has 2 rings (SSSR count). The van der Waals surface area contributed by atoms with E-state index in [1.54, 1.807) is 6.92 Å². The largest absolute Gasteiger partial charge is 0.462 e. The average Bonchev–Trinajstić information content (AvgIpc) is 3.23. The van der Waals surface area contributed by atoms with Crippen molar-refractivity contribution in [3.63, 3.8) is 0 Å². The van der Waals surface area contributed by atoms with Gasteiger partial charge in [0, 0.05) is 13.1 Å². The summed E-state index contributed by atoms with van der Waals surface area (Å²) < 4.78 is 5.95. The number of nitrogens with one attached hydrogen (secondary N) is 1. The lowest BCUT2D eigenvalue weighted by atomic mass is 10.0. The summed E-state index contributed by atoms with van der Waals surface area (Å²) in [6, 6.07) is 0. The van der Waals surface area contributed by atoms with E-state index < -0.39 is 0 Å². The molecule has 1 fully saturated rings. The number of thiocarbonyl (C=S) groups is 1. The molecule has 144 valence electrons. The molecule has 0 aromatic carbocycles. The minimum absolute atomic E-state index is 0.153. The van der Waals surface area contributed by atoms with Crippen molar-refractivity contribution in [2.75, 3.05) is 30.8 Å². The van der Waals surface area contributed by atoms with Crippen LogP contribution in [0.2, 0.25) is 0 Å². The first kappa shape index (κ1) is 21.2. The maximum Gasteiger partial charge on any atom is 0.341 e. The van der Waals surface area contributed by atoms with Gasteiger partial charge in [0.15, 0.2) is 0 Å². The minimum Gasteiger partial charge on any atom is -0.462 e. The first-order valence-electron chi connectivity index (χ1n) is 8.91. The Morgan fingerprint density at radius 2 is 2.08 bits per heavy atom. The van der Waals surface area contributed by atoms with Crippen LogP contribution in [0.25, 0.3) is 0 Å². The number of nitrogens with zero attached hydrogens (tertiary/aromatic N) is 1. The summed E-state index contributed by atoms with van der Waals surface area (Å²) in [6.45, 7) is 8.24. The Balaban J connectivity index is 2.00. The SMILES string of the molecule is CCOC(=O)c1c(CC(C)C)csc1NC(=O)CSC(=S)N1CCCC1. The highest BCUT2D eigenvalue weighted by Gasteiger charge is 2.23. The molecular weight excluding hydrogens is 388 g/mol. The highest BCUT2D eigenvalue weighted by atomic mass is 32.2. The Bertz CT molecular complexity index is 652. The smallest absolute Gasteiger partial charge is 0.341 e. The number of likely N-dealkylation sites (tertiary alicyclic amines) is 1. The maximum absolute atomic E-state index is 12.4. The lowest BCUT2D eigenvalue weighted by molar-refractivity contribution is -0.113. The summed E-state index contributed by atoms with van der Waals surface area (Å²) in [5.74, 6) is 0.129. The van der Waals surface area contributed by atoms with E-state index >= 15 is 0 Å². The van der Waals surface area contributed by atoms with E-state index in [1.807, 2.05) is 5.38 Å². The molecule has 0 bridgehead atoms. The predicted octanol–water partition coefficient (Wildman–Crippen LogP) is 4.18. The number of hydrogen-bond acceptors (Lipinski definition) is 6. The number of ether oxygens (including phenoxy) is 1. The van der Waals surface area contributed by atoms with Crippen LogP contribution in [0, 0.1) is 5.92 Å². The monoisotopic (exact) mass is 414 g/mol. The van der Waals surface area contributed by atoms with E-state index in [2.05, 4.69) is 24.1 Å². The van der Waals surface area contributed by atoms with Crippen LogP contribution in [0.15, 0.2) is 5.38 Å². The standard InChI is InChI=1S/C18H26N2O3S3/c1-4-23-17(22)15-13(9-12(2)3)10-25-16(15)19-14(21)11-26-18(24)20-7-5-6-8-20/h10,12H,4-9,11H2,1-3H3,(H,19,21). The van der Waals surface area contributed by atoms with Crippen LogP contribution in [0.5, 0.6) is 0 Å². The van der Waals surface area contributed by atoms with Crippen molar-refractivity contribution in [2.45, 2.75) is 40.0 Å². The van der Waals surface area contributed by atoms with Crippen molar-refractivity contribution >= 4 is 56.5 Å². The maximum atomic E-state index is 12.4. The first-order chi connectivity index (χ1) is 12.4. The van der Waals surface area contributed by atoms with Gasteiger partial charge >= 0.3 is 5.97 Å². The molecule has 1 saturated heterocycles. The molecule has 2 heterocycles. The molecule has 26 heavy (non-hydrogen) atoms. The number of amides is 1. The summed E-state index contributed by atoms with van der Waals surface area (Å²) in [6.07, 6.45) is 3.08. The van der Waals surface area contributed by atoms with Crippen molar-refractivity contribution in [3.05, 3.63) is 16.5 Å². The number of thioether (sulfide) groups is 1. The van der Waals surface area contributed by atoms with Gasteiger partial charge in [0.2, 0.25) is 5.91 Å². The Morgan fingerprint density at radius 3 is 2.69 bits per heavy atom. The number of hydrogen-bond donors (Lipinski definition) is 1. The zero-order valence-electron chi connectivity index (χ0n) is 15.5. The zero-order valence-corrected chi connectivity index (χ0v) is 18.0. The normalized spacial score (nSPS) is 13.9. The Hall–Kier alpha value is -1.12. The molecule has 1 aliphatic heterocycles. The Morgan fingerprint density at radius 1 is 1.38 bits per heavy atom. The fourth-order valence-electron chi connectivity index (χ4n) is 2.78. The predicted molar refractivity (Wildman–Crippen MR) is 113 cm³/mol. The van der Waals surface area contributed by atoms with Crippen LogP contribution in [0.3, 0.4) is 0 Å². The molecule has 0 unspecified atom stereocenters. The van der Waals surface area contributed by atoms with Crippen LogP contribution in [0.4, 0.5) is 5.00 Å². The van der Waals surface area contributed by atoms with E-state index in [0.717, 1.165) is 42.2 Å². The highest BCUT2D eigenvalue weighted by Crippen LogP contribution is 2.31. The second-order valence-electron chi connectivity index (χ2n) is 6.58. The third-order valence-corrected chi connectivity index (χ3v) is 6.39. The third kappa shape index (κ3) is 5.96. The van der Waals surface area contributed by atoms with Crippen molar-refractivity contribution in [1.82, 2.24) is 4.90 Å². The second kappa shape index (κ2) is 10.3. The number of carbonyl (C=O) groups excluding carboxylic acids is 2. The molecule has 1 aromatic heterocycles. The van der Waals surface area contributed by atoms with Gasteiger partial charge in [-0.3, -0.25) is 4.79 Å². The van der Waals surface area contributed by atoms with Crippen molar-refractivity contribution in [2.24, 2.45) is 5.92 Å². The van der Waals surface area contributed by atoms with Gasteiger partial charge < -0.3 is 15.0 Å². The lowest BCUT2D eigenvalue weighted by Gasteiger charge is -2.17. The number of anilines is 1. The van der Waals surface area contributed by atoms with Crippen LogP contribution in [-0.4, -0.2) is 46.5 Å². The fraction of sp³-hybridized carbons (Fsp3) is 0.611. The Kier molecular flexibility index (Phi) is 8.37. The molecule has 5 nitrogen and oxygen atoms in total. The topological polar surface area (TPSA) is 58.6 Å². The van der Waals surface area contributed by atoms with Crippen LogP contribution in [0.1, 0.15) is 49.5 Å². The summed E-state index contributed by atoms with van der Waals surface area (Å²) >= 11 is 8.14. The minimum atomic E-state index is -0.375. The van der Waals surface area contributed by atoms with Gasteiger partial charge in [-0.1, -0.05) is 37.8 Å². The van der Waals surface area contributed by atoms with Gasteiger partial charge in [0.05, 0.1) is 17.9 Å². The summed E-state index contributed by atoms with van der Waals surface area (Å²) in [7, 11) is 0. The summed E-state index contributed by atoms with van der Waals surface area (Å²) in [4.78, 5) is 26.8. The van der Waals surface area contributed by atoms with Gasteiger partial charge in [-0.25, -0.2) is 4.79 Å². The summed E-state index contributed by atoms with van der Waals surface area (Å²) in [5.41, 5.74) is 1.42. The average molecular weight is 415 g/mol. The van der Waals surface area contributed by atoms with Crippen molar-refractivity contribution in [1.29, 1.82) is 0 Å². The molecule has 0 atom stereocenters. The molecule has 0 radical (unpaired) electrons. The van der Waals surface area contributed by atoms with E-state index in [4.69, 9.17) is 17.0 Å². The van der Waals surface area contributed by atoms with E-state index in [9.17, 15) is 9.59 Å². The zero-order chi connectivity index (χ0) is 19.1. The first-order valence-corrected chi connectivity index (χ1v) is 11.2. The van der Waals surface area contributed by atoms with E-state index in [0.29, 0.717) is 23.1 Å². The molecule has 8 heteroatoms. The number of esters is 1. The lowest BCUT2D eigenvalue weighted by Crippen LogP contribution is -2.25. The molecule has 0 spiro atoms. The molecular formula is C18H26N2O3S3.